The molecule has 29 heavy (non-hydrogen) atoms. The van der Waals surface area contributed by atoms with Crippen molar-refractivity contribution in [3.8, 4) is 6.07 Å². The van der Waals surface area contributed by atoms with E-state index in [2.05, 4.69) is 33.4 Å². The highest BCUT2D eigenvalue weighted by Gasteiger charge is 2.12. The molecule has 0 saturated carbocycles. The van der Waals surface area contributed by atoms with E-state index in [9.17, 15) is 4.79 Å². The maximum absolute atomic E-state index is 12.5. The van der Waals surface area contributed by atoms with Crippen molar-refractivity contribution in [2.75, 3.05) is 14.1 Å². The fourth-order valence-corrected chi connectivity index (χ4v) is 2.72. The van der Waals surface area contributed by atoms with Gasteiger partial charge < -0.3 is 19.9 Å². The second kappa shape index (κ2) is 8.75. The van der Waals surface area contributed by atoms with E-state index in [1.54, 1.807) is 41.7 Å². The number of hydrogen-bond donors (Lipinski definition) is 2. The van der Waals surface area contributed by atoms with E-state index in [0.717, 1.165) is 11.2 Å². The number of nitrogens with zero attached hydrogens (tertiary/aromatic N) is 6. The van der Waals surface area contributed by atoms with Gasteiger partial charge in [-0.3, -0.25) is 9.48 Å². The summed E-state index contributed by atoms with van der Waals surface area (Å²) in [7, 11) is 3.86. The van der Waals surface area contributed by atoms with E-state index in [1.807, 2.05) is 29.6 Å². The minimum atomic E-state index is -0.242. The molecule has 0 aromatic carbocycles. The third-order valence-corrected chi connectivity index (χ3v) is 4.33. The highest BCUT2D eigenvalue weighted by molar-refractivity contribution is 5.93. The molecule has 1 amide bonds. The Kier molecular flexibility index (Phi) is 5.94. The number of allylic oxidation sites excluding steroid dienone is 1. The average Bonchev–Trinajstić information content (AvgIpc) is 3.35. The van der Waals surface area contributed by atoms with Gasteiger partial charge in [0.1, 0.15) is 0 Å². The Balaban J connectivity index is 1.66. The fourth-order valence-electron chi connectivity index (χ4n) is 2.72. The molecule has 0 spiro atoms. The van der Waals surface area contributed by atoms with Crippen LogP contribution in [0.3, 0.4) is 0 Å². The smallest absolute Gasteiger partial charge is 0.254 e. The maximum atomic E-state index is 12.5. The Labute approximate surface area is 168 Å². The van der Waals surface area contributed by atoms with Gasteiger partial charge in [0.25, 0.3) is 5.91 Å². The van der Waals surface area contributed by atoms with Crippen LogP contribution in [0.2, 0.25) is 0 Å². The summed E-state index contributed by atoms with van der Waals surface area (Å²) in [6.45, 7) is 4.38. The first-order valence-electron chi connectivity index (χ1n) is 8.91. The summed E-state index contributed by atoms with van der Waals surface area (Å²) in [5, 5.41) is 19.1. The van der Waals surface area contributed by atoms with E-state index in [0.29, 0.717) is 23.4 Å². The Bertz CT molecular complexity index is 1100. The first kappa shape index (κ1) is 19.7. The van der Waals surface area contributed by atoms with Crippen molar-refractivity contribution in [3.63, 3.8) is 0 Å². The second-order valence-electron chi connectivity index (χ2n) is 6.52. The number of hydrogen-bond acceptors (Lipinski definition) is 6. The minimum Gasteiger partial charge on any atom is -0.378 e. The minimum absolute atomic E-state index is 0.242. The lowest BCUT2D eigenvalue weighted by Gasteiger charge is -2.17. The van der Waals surface area contributed by atoms with Crippen molar-refractivity contribution >= 4 is 11.4 Å². The van der Waals surface area contributed by atoms with Crippen LogP contribution < -0.4 is 10.6 Å². The zero-order valence-corrected chi connectivity index (χ0v) is 16.3. The summed E-state index contributed by atoms with van der Waals surface area (Å²) in [6.07, 6.45) is 10.1. The number of carbonyl (C=O) groups is 1. The van der Waals surface area contributed by atoms with Gasteiger partial charge >= 0.3 is 0 Å². The predicted octanol–water partition coefficient (Wildman–Crippen LogP) is 1.47. The number of carbonyl (C=O) groups excluding carboxylic acids is 1. The van der Waals surface area contributed by atoms with Gasteiger partial charge in [0, 0.05) is 32.7 Å². The summed E-state index contributed by atoms with van der Waals surface area (Å²) in [6, 6.07) is 5.57. The number of fused-ring (bicyclic) bond motifs is 1. The zero-order valence-electron chi connectivity index (χ0n) is 16.3. The molecule has 9 nitrogen and oxygen atoms in total. The molecule has 0 aliphatic carbocycles. The van der Waals surface area contributed by atoms with Crippen LogP contribution in [0, 0.1) is 11.3 Å². The van der Waals surface area contributed by atoms with Gasteiger partial charge in [-0.05, 0) is 18.3 Å². The summed E-state index contributed by atoms with van der Waals surface area (Å²) < 4.78 is 3.50. The van der Waals surface area contributed by atoms with Crippen LogP contribution in [-0.4, -0.2) is 44.1 Å². The van der Waals surface area contributed by atoms with Gasteiger partial charge in [0.2, 0.25) is 0 Å². The number of pyridine rings is 1. The van der Waals surface area contributed by atoms with Crippen molar-refractivity contribution in [1.29, 1.82) is 5.26 Å². The zero-order chi connectivity index (χ0) is 20.8. The van der Waals surface area contributed by atoms with Gasteiger partial charge in [-0.15, -0.1) is 0 Å². The first-order chi connectivity index (χ1) is 14.0. The van der Waals surface area contributed by atoms with Crippen molar-refractivity contribution in [2.45, 2.75) is 13.1 Å². The van der Waals surface area contributed by atoms with Gasteiger partial charge in [0.15, 0.2) is 0 Å². The molecule has 0 aliphatic heterocycles. The molecule has 148 valence electrons. The van der Waals surface area contributed by atoms with Crippen LogP contribution in [0.25, 0.3) is 5.52 Å². The molecule has 0 radical (unpaired) electrons. The van der Waals surface area contributed by atoms with Crippen LogP contribution in [0.15, 0.2) is 61.7 Å². The number of likely N-dealkylation sites (N-methyl/N-ethyl adjacent to an activating group) is 1. The van der Waals surface area contributed by atoms with Gasteiger partial charge in [-0.1, -0.05) is 6.58 Å². The van der Waals surface area contributed by atoms with Crippen LogP contribution in [0.5, 0.6) is 0 Å². The summed E-state index contributed by atoms with van der Waals surface area (Å²) >= 11 is 0. The first-order valence-corrected chi connectivity index (χ1v) is 8.91. The van der Waals surface area contributed by atoms with Crippen LogP contribution >= 0.6 is 0 Å². The molecule has 0 bridgehead atoms. The van der Waals surface area contributed by atoms with Crippen molar-refractivity contribution < 1.29 is 4.79 Å². The van der Waals surface area contributed by atoms with Crippen LogP contribution in [-0.2, 0) is 13.1 Å². The molecule has 3 aromatic rings. The Morgan fingerprint density at radius 2 is 2.28 bits per heavy atom. The molecule has 0 saturated heterocycles. The van der Waals surface area contributed by atoms with Crippen molar-refractivity contribution in [1.82, 2.24) is 34.7 Å². The summed E-state index contributed by atoms with van der Waals surface area (Å²) in [5.74, 6) is -0.242. The van der Waals surface area contributed by atoms with Gasteiger partial charge in [0.05, 0.1) is 59.7 Å². The second-order valence-corrected chi connectivity index (χ2v) is 6.52. The number of rotatable bonds is 8. The SMILES string of the molecule is C=CN/C=C(/Cn1cc(C(=O)NCc2ncn3ccc(C#N)cc23)cn1)N(C)C. The van der Waals surface area contributed by atoms with E-state index in [4.69, 9.17) is 5.26 Å². The van der Waals surface area contributed by atoms with Crippen LogP contribution in [0.1, 0.15) is 21.6 Å². The third-order valence-electron chi connectivity index (χ3n) is 4.33. The lowest BCUT2D eigenvalue weighted by atomic mass is 10.2. The molecule has 0 aliphatic rings. The average molecular weight is 390 g/mol. The quantitative estimate of drug-likeness (QED) is 0.604. The molecule has 0 unspecified atom stereocenters. The third kappa shape index (κ3) is 4.62. The predicted molar refractivity (Wildman–Crippen MR) is 108 cm³/mol. The highest BCUT2D eigenvalue weighted by atomic mass is 16.1. The van der Waals surface area contributed by atoms with Gasteiger partial charge in [-0.2, -0.15) is 10.4 Å². The number of aromatic nitrogens is 4. The highest BCUT2D eigenvalue weighted by Crippen LogP contribution is 2.12. The van der Waals surface area contributed by atoms with Crippen molar-refractivity contribution in [3.05, 3.63) is 78.5 Å². The molecule has 3 heterocycles. The normalized spacial score (nSPS) is 11.1. The fraction of sp³-hybridized carbons (Fsp3) is 0.200. The number of imidazole rings is 1. The summed E-state index contributed by atoms with van der Waals surface area (Å²) in [4.78, 5) is 18.8. The molecular weight excluding hydrogens is 368 g/mol. The molecule has 2 N–H and O–H groups in total. The van der Waals surface area contributed by atoms with Crippen molar-refractivity contribution in [2.24, 2.45) is 0 Å². The standard InChI is InChI=1S/C20H22N8O/c1-4-22-10-17(26(2)3)13-28-12-16(9-25-28)20(29)23-11-18-19-7-15(8-21)5-6-27(19)14-24-18/h4-7,9-10,12,14,22H,1,11,13H2,2-3H3,(H,23,29)/b17-10-. The van der Waals surface area contributed by atoms with E-state index >= 15 is 0 Å². The largest absolute Gasteiger partial charge is 0.378 e. The number of nitriles is 1. The molecule has 3 aromatic heterocycles. The number of nitrogens with one attached hydrogen (secondary N) is 2. The summed E-state index contributed by atoms with van der Waals surface area (Å²) in [5.41, 5.74) is 3.45. The molecule has 0 atom stereocenters. The Morgan fingerprint density at radius 1 is 1.45 bits per heavy atom. The lowest BCUT2D eigenvalue weighted by Crippen LogP contribution is -2.23. The molecule has 3 rings (SSSR count). The van der Waals surface area contributed by atoms with Gasteiger partial charge in [-0.25, -0.2) is 4.98 Å². The Morgan fingerprint density at radius 3 is 3.00 bits per heavy atom. The lowest BCUT2D eigenvalue weighted by molar-refractivity contribution is 0.0950. The maximum Gasteiger partial charge on any atom is 0.254 e. The number of amides is 1. The molecular formula is C20H22N8O. The van der Waals surface area contributed by atoms with E-state index in [1.165, 1.54) is 6.20 Å². The molecule has 9 heteroatoms. The Hall–Kier alpha value is -4.06. The van der Waals surface area contributed by atoms with Crippen LogP contribution in [0.4, 0.5) is 0 Å². The topological polar surface area (TPSA) is 103 Å². The van der Waals surface area contributed by atoms with E-state index < -0.39 is 0 Å². The monoisotopic (exact) mass is 390 g/mol. The molecule has 0 fully saturated rings. The van der Waals surface area contributed by atoms with E-state index in [-0.39, 0.29) is 12.5 Å².